The SMILES string of the molecule is COCCCC(CN)c1cccc(F)c1. The summed E-state index contributed by atoms with van der Waals surface area (Å²) in [5.41, 5.74) is 6.65. The van der Waals surface area contributed by atoms with Gasteiger partial charge in [0, 0.05) is 13.7 Å². The van der Waals surface area contributed by atoms with Crippen LogP contribution in [0.25, 0.3) is 0 Å². The summed E-state index contributed by atoms with van der Waals surface area (Å²) >= 11 is 0. The van der Waals surface area contributed by atoms with E-state index in [9.17, 15) is 4.39 Å². The molecule has 3 heteroatoms. The van der Waals surface area contributed by atoms with Gasteiger partial charge in [0.25, 0.3) is 0 Å². The fraction of sp³-hybridized carbons (Fsp3) is 0.500. The average Bonchev–Trinajstić information content (AvgIpc) is 2.24. The molecule has 0 aliphatic rings. The summed E-state index contributed by atoms with van der Waals surface area (Å²) in [6.45, 7) is 1.28. The molecule has 0 bridgehead atoms. The Bertz CT molecular complexity index is 291. The Balaban J connectivity index is 2.57. The van der Waals surface area contributed by atoms with Gasteiger partial charge in [-0.1, -0.05) is 12.1 Å². The molecule has 1 unspecified atom stereocenters. The molecule has 1 aromatic rings. The quantitative estimate of drug-likeness (QED) is 0.733. The number of rotatable bonds is 6. The molecule has 0 aromatic heterocycles. The molecule has 0 heterocycles. The number of ether oxygens (including phenoxy) is 1. The van der Waals surface area contributed by atoms with Gasteiger partial charge in [-0.15, -0.1) is 0 Å². The maximum absolute atomic E-state index is 13.0. The van der Waals surface area contributed by atoms with Crippen molar-refractivity contribution in [1.29, 1.82) is 0 Å². The topological polar surface area (TPSA) is 35.2 Å². The van der Waals surface area contributed by atoms with Gasteiger partial charge in [-0.05, 0) is 43.0 Å². The zero-order valence-corrected chi connectivity index (χ0v) is 9.08. The molecule has 0 amide bonds. The lowest BCUT2D eigenvalue weighted by Gasteiger charge is -2.14. The molecule has 2 nitrogen and oxygen atoms in total. The first-order chi connectivity index (χ1) is 7.27. The van der Waals surface area contributed by atoms with Crippen LogP contribution in [0.15, 0.2) is 24.3 Å². The van der Waals surface area contributed by atoms with Crippen molar-refractivity contribution in [2.45, 2.75) is 18.8 Å². The van der Waals surface area contributed by atoms with Crippen LogP contribution in [0.4, 0.5) is 4.39 Å². The molecule has 2 N–H and O–H groups in total. The van der Waals surface area contributed by atoms with Crippen LogP contribution < -0.4 is 5.73 Å². The van der Waals surface area contributed by atoms with Crippen molar-refractivity contribution in [3.05, 3.63) is 35.6 Å². The Labute approximate surface area is 90.2 Å². The lowest BCUT2D eigenvalue weighted by molar-refractivity contribution is 0.190. The highest BCUT2D eigenvalue weighted by molar-refractivity contribution is 5.20. The zero-order chi connectivity index (χ0) is 11.1. The van der Waals surface area contributed by atoms with Crippen molar-refractivity contribution in [2.75, 3.05) is 20.3 Å². The highest BCUT2D eigenvalue weighted by Gasteiger charge is 2.09. The van der Waals surface area contributed by atoms with Crippen LogP contribution in [0.3, 0.4) is 0 Å². The molecule has 0 radical (unpaired) electrons. The lowest BCUT2D eigenvalue weighted by Crippen LogP contribution is -2.13. The minimum atomic E-state index is -0.197. The summed E-state index contributed by atoms with van der Waals surface area (Å²) in [4.78, 5) is 0. The first kappa shape index (κ1) is 12.1. The molecule has 1 atom stereocenters. The van der Waals surface area contributed by atoms with Crippen molar-refractivity contribution >= 4 is 0 Å². The number of halogens is 1. The summed E-state index contributed by atoms with van der Waals surface area (Å²) in [7, 11) is 1.68. The highest BCUT2D eigenvalue weighted by Crippen LogP contribution is 2.20. The molecule has 1 aromatic carbocycles. The molecule has 1 rings (SSSR count). The second-order valence-corrected chi connectivity index (χ2v) is 3.62. The van der Waals surface area contributed by atoms with Gasteiger partial charge in [0.2, 0.25) is 0 Å². The molecule has 15 heavy (non-hydrogen) atoms. The average molecular weight is 211 g/mol. The van der Waals surface area contributed by atoms with Gasteiger partial charge in [0.15, 0.2) is 0 Å². The lowest BCUT2D eigenvalue weighted by atomic mass is 9.94. The van der Waals surface area contributed by atoms with Gasteiger partial charge in [0.05, 0.1) is 0 Å². The molecular weight excluding hydrogens is 193 g/mol. The Morgan fingerprint density at radius 2 is 2.27 bits per heavy atom. The Kier molecular flexibility index (Phi) is 5.29. The summed E-state index contributed by atoms with van der Waals surface area (Å²) in [6, 6.07) is 6.66. The van der Waals surface area contributed by atoms with Crippen LogP contribution in [0.5, 0.6) is 0 Å². The minimum absolute atomic E-state index is 0.197. The highest BCUT2D eigenvalue weighted by atomic mass is 19.1. The smallest absolute Gasteiger partial charge is 0.123 e. The van der Waals surface area contributed by atoms with Crippen LogP contribution in [0, 0.1) is 5.82 Å². The van der Waals surface area contributed by atoms with Gasteiger partial charge in [-0.3, -0.25) is 0 Å². The summed E-state index contributed by atoms with van der Waals surface area (Å²) in [5, 5.41) is 0. The zero-order valence-electron chi connectivity index (χ0n) is 9.08. The van der Waals surface area contributed by atoms with Crippen molar-refractivity contribution in [1.82, 2.24) is 0 Å². The Hall–Kier alpha value is -0.930. The fourth-order valence-electron chi connectivity index (χ4n) is 1.66. The van der Waals surface area contributed by atoms with Crippen molar-refractivity contribution in [2.24, 2.45) is 5.73 Å². The van der Waals surface area contributed by atoms with E-state index in [0.717, 1.165) is 25.0 Å². The number of methoxy groups -OCH3 is 1. The molecule has 0 saturated carbocycles. The van der Waals surface area contributed by atoms with Crippen LogP contribution in [-0.2, 0) is 4.74 Å². The normalized spacial score (nSPS) is 12.7. The molecule has 0 saturated heterocycles. The largest absolute Gasteiger partial charge is 0.385 e. The summed E-state index contributed by atoms with van der Waals surface area (Å²) in [5.74, 6) is 0.0357. The van der Waals surface area contributed by atoms with E-state index in [1.165, 1.54) is 6.07 Å². The number of benzene rings is 1. The van der Waals surface area contributed by atoms with Crippen LogP contribution in [0.1, 0.15) is 24.3 Å². The predicted molar refractivity (Wildman–Crippen MR) is 59.3 cm³/mol. The van der Waals surface area contributed by atoms with Gasteiger partial charge < -0.3 is 10.5 Å². The van der Waals surface area contributed by atoms with E-state index in [2.05, 4.69) is 0 Å². The predicted octanol–water partition coefficient (Wildman–Crippen LogP) is 2.29. The van der Waals surface area contributed by atoms with E-state index in [-0.39, 0.29) is 11.7 Å². The van der Waals surface area contributed by atoms with E-state index in [1.54, 1.807) is 19.2 Å². The van der Waals surface area contributed by atoms with E-state index < -0.39 is 0 Å². The van der Waals surface area contributed by atoms with E-state index >= 15 is 0 Å². The fourth-order valence-corrected chi connectivity index (χ4v) is 1.66. The summed E-state index contributed by atoms with van der Waals surface area (Å²) < 4.78 is 18.0. The molecule has 0 spiro atoms. The molecule has 84 valence electrons. The number of hydrogen-bond donors (Lipinski definition) is 1. The van der Waals surface area contributed by atoms with Gasteiger partial charge in [-0.25, -0.2) is 4.39 Å². The van der Waals surface area contributed by atoms with E-state index in [4.69, 9.17) is 10.5 Å². The van der Waals surface area contributed by atoms with Crippen LogP contribution in [-0.4, -0.2) is 20.3 Å². The van der Waals surface area contributed by atoms with Crippen LogP contribution >= 0.6 is 0 Å². The van der Waals surface area contributed by atoms with Crippen LogP contribution in [0.2, 0.25) is 0 Å². The van der Waals surface area contributed by atoms with Crippen molar-refractivity contribution in [3.63, 3.8) is 0 Å². The third kappa shape index (κ3) is 3.98. The van der Waals surface area contributed by atoms with E-state index in [0.29, 0.717) is 6.54 Å². The second-order valence-electron chi connectivity index (χ2n) is 3.62. The second kappa shape index (κ2) is 6.53. The Morgan fingerprint density at radius 1 is 1.47 bits per heavy atom. The maximum atomic E-state index is 13.0. The molecular formula is C12H18FNO. The minimum Gasteiger partial charge on any atom is -0.385 e. The number of nitrogens with two attached hydrogens (primary N) is 1. The Morgan fingerprint density at radius 3 is 2.87 bits per heavy atom. The van der Waals surface area contributed by atoms with Gasteiger partial charge >= 0.3 is 0 Å². The van der Waals surface area contributed by atoms with E-state index in [1.807, 2.05) is 6.07 Å². The monoisotopic (exact) mass is 211 g/mol. The third-order valence-electron chi connectivity index (χ3n) is 2.51. The molecule has 0 aliphatic heterocycles. The van der Waals surface area contributed by atoms with Gasteiger partial charge in [-0.2, -0.15) is 0 Å². The van der Waals surface area contributed by atoms with Crippen molar-refractivity contribution < 1.29 is 9.13 Å². The number of hydrogen-bond acceptors (Lipinski definition) is 2. The molecule has 0 fully saturated rings. The van der Waals surface area contributed by atoms with Crippen molar-refractivity contribution in [3.8, 4) is 0 Å². The van der Waals surface area contributed by atoms with Gasteiger partial charge in [0.1, 0.15) is 5.82 Å². The standard InChI is InChI=1S/C12H18FNO/c1-15-7-3-5-11(9-14)10-4-2-6-12(13)8-10/h2,4,6,8,11H,3,5,7,9,14H2,1H3. The first-order valence-electron chi connectivity index (χ1n) is 5.22. The maximum Gasteiger partial charge on any atom is 0.123 e. The third-order valence-corrected chi connectivity index (χ3v) is 2.51. The first-order valence-corrected chi connectivity index (χ1v) is 5.22. The molecule has 0 aliphatic carbocycles. The summed E-state index contributed by atoms with van der Waals surface area (Å²) in [6.07, 6.45) is 1.89.